The van der Waals surface area contributed by atoms with E-state index >= 15 is 0 Å². The van der Waals surface area contributed by atoms with Crippen molar-refractivity contribution in [3.63, 3.8) is 0 Å². The van der Waals surface area contributed by atoms with E-state index < -0.39 is 0 Å². The van der Waals surface area contributed by atoms with Crippen LogP contribution in [-0.4, -0.2) is 38.1 Å². The second-order valence-electron chi connectivity index (χ2n) is 6.67. The molecular weight excluding hydrogens is 376 g/mol. The first-order valence-electron chi connectivity index (χ1n) is 9.09. The number of carbonyl (C=O) groups excluding carboxylic acids is 2. The quantitative estimate of drug-likeness (QED) is 0.690. The monoisotopic (exact) mass is 396 g/mol. The summed E-state index contributed by atoms with van der Waals surface area (Å²) in [6.45, 7) is 2.65. The van der Waals surface area contributed by atoms with E-state index in [1.807, 2.05) is 36.6 Å². The molecule has 4 rings (SSSR count). The molecule has 0 bridgehead atoms. The highest BCUT2D eigenvalue weighted by Crippen LogP contribution is 2.25. The van der Waals surface area contributed by atoms with Crippen molar-refractivity contribution in [3.05, 3.63) is 53.6 Å². The van der Waals surface area contributed by atoms with E-state index in [4.69, 9.17) is 0 Å². The number of rotatable bonds is 6. The Morgan fingerprint density at radius 1 is 1.32 bits per heavy atom. The Morgan fingerprint density at radius 2 is 2.14 bits per heavy atom. The van der Waals surface area contributed by atoms with Crippen LogP contribution in [0.1, 0.15) is 37.1 Å². The fourth-order valence-electron chi connectivity index (χ4n) is 3.15. The van der Waals surface area contributed by atoms with Crippen molar-refractivity contribution >= 4 is 28.3 Å². The van der Waals surface area contributed by atoms with Crippen LogP contribution in [0.15, 0.2) is 42.3 Å². The highest BCUT2D eigenvalue weighted by Gasteiger charge is 2.24. The van der Waals surface area contributed by atoms with Gasteiger partial charge >= 0.3 is 0 Å². The SMILES string of the molecule is CC(NC(=O)Cc1csc(N2CCCC2=O)n1)c1ccc(-n2cncn2)cc1. The van der Waals surface area contributed by atoms with E-state index in [-0.39, 0.29) is 24.3 Å². The van der Waals surface area contributed by atoms with Gasteiger partial charge in [0.25, 0.3) is 0 Å². The molecule has 2 aromatic heterocycles. The molecule has 0 spiro atoms. The first-order chi connectivity index (χ1) is 13.6. The molecule has 1 saturated heterocycles. The molecule has 3 aromatic rings. The number of hydrogen-bond acceptors (Lipinski definition) is 6. The minimum absolute atomic E-state index is 0.0996. The minimum atomic E-state index is -0.129. The van der Waals surface area contributed by atoms with E-state index in [2.05, 4.69) is 20.4 Å². The maximum Gasteiger partial charge on any atom is 0.228 e. The topological polar surface area (TPSA) is 93.0 Å². The molecule has 3 heterocycles. The number of amides is 2. The lowest BCUT2D eigenvalue weighted by Crippen LogP contribution is -2.28. The molecule has 28 heavy (non-hydrogen) atoms. The Kier molecular flexibility index (Phi) is 5.16. The summed E-state index contributed by atoms with van der Waals surface area (Å²) in [6, 6.07) is 7.67. The number of nitrogens with zero attached hydrogens (tertiary/aromatic N) is 5. The zero-order valence-electron chi connectivity index (χ0n) is 15.4. The van der Waals surface area contributed by atoms with Crippen LogP contribution in [0.2, 0.25) is 0 Å². The van der Waals surface area contributed by atoms with Gasteiger partial charge in [-0.05, 0) is 31.0 Å². The largest absolute Gasteiger partial charge is 0.349 e. The molecular formula is C19H20N6O2S. The Labute approximate surface area is 166 Å². The van der Waals surface area contributed by atoms with Crippen molar-refractivity contribution in [3.8, 4) is 5.69 Å². The van der Waals surface area contributed by atoms with Gasteiger partial charge in [0.15, 0.2) is 5.13 Å². The van der Waals surface area contributed by atoms with Crippen molar-refractivity contribution in [1.29, 1.82) is 0 Å². The number of benzene rings is 1. The number of thiazole rings is 1. The predicted molar refractivity (Wildman–Crippen MR) is 105 cm³/mol. The van der Waals surface area contributed by atoms with Gasteiger partial charge in [0.2, 0.25) is 11.8 Å². The lowest BCUT2D eigenvalue weighted by Gasteiger charge is -2.14. The summed E-state index contributed by atoms with van der Waals surface area (Å²) in [5.41, 5.74) is 2.59. The standard InChI is InChI=1S/C19H20N6O2S/c1-13(14-4-6-16(7-5-14)25-12-20-11-21-25)22-17(26)9-15-10-28-19(23-15)24-8-2-3-18(24)27/h4-7,10-13H,2-3,8-9H2,1H3,(H,22,26). The zero-order valence-corrected chi connectivity index (χ0v) is 16.2. The Balaban J connectivity index is 1.34. The van der Waals surface area contributed by atoms with Crippen LogP contribution in [-0.2, 0) is 16.0 Å². The molecule has 0 saturated carbocycles. The highest BCUT2D eigenvalue weighted by molar-refractivity contribution is 7.14. The number of aromatic nitrogens is 4. The van der Waals surface area contributed by atoms with E-state index in [0.29, 0.717) is 23.8 Å². The summed E-state index contributed by atoms with van der Waals surface area (Å²) in [6.07, 6.45) is 4.75. The van der Waals surface area contributed by atoms with E-state index in [0.717, 1.165) is 17.7 Å². The van der Waals surface area contributed by atoms with Gasteiger partial charge in [0.05, 0.1) is 23.8 Å². The second-order valence-corrected chi connectivity index (χ2v) is 7.50. The molecule has 9 heteroatoms. The zero-order chi connectivity index (χ0) is 19.5. The van der Waals surface area contributed by atoms with Gasteiger partial charge in [-0.25, -0.2) is 14.6 Å². The smallest absolute Gasteiger partial charge is 0.228 e. The van der Waals surface area contributed by atoms with Gasteiger partial charge < -0.3 is 5.32 Å². The molecule has 1 unspecified atom stereocenters. The van der Waals surface area contributed by atoms with Crippen LogP contribution in [0.4, 0.5) is 5.13 Å². The third-order valence-corrected chi connectivity index (χ3v) is 5.55. The number of hydrogen-bond donors (Lipinski definition) is 1. The van der Waals surface area contributed by atoms with Crippen molar-refractivity contribution in [1.82, 2.24) is 25.1 Å². The summed E-state index contributed by atoms with van der Waals surface area (Å²) >= 11 is 1.41. The molecule has 8 nitrogen and oxygen atoms in total. The lowest BCUT2D eigenvalue weighted by atomic mass is 10.1. The molecule has 0 radical (unpaired) electrons. The average molecular weight is 396 g/mol. The van der Waals surface area contributed by atoms with Crippen LogP contribution >= 0.6 is 11.3 Å². The van der Waals surface area contributed by atoms with Gasteiger partial charge in [0, 0.05) is 18.3 Å². The maximum atomic E-state index is 12.4. The normalized spacial score (nSPS) is 15.0. The molecule has 1 atom stereocenters. The van der Waals surface area contributed by atoms with Gasteiger partial charge in [-0.3, -0.25) is 14.5 Å². The summed E-state index contributed by atoms with van der Waals surface area (Å²) in [4.78, 5) is 34.3. The number of anilines is 1. The van der Waals surface area contributed by atoms with Gasteiger partial charge in [-0.15, -0.1) is 11.3 Å². The van der Waals surface area contributed by atoms with Crippen LogP contribution < -0.4 is 10.2 Å². The van der Waals surface area contributed by atoms with Crippen molar-refractivity contribution in [2.45, 2.75) is 32.2 Å². The van der Waals surface area contributed by atoms with Crippen molar-refractivity contribution in [2.24, 2.45) is 0 Å². The fraction of sp³-hybridized carbons (Fsp3) is 0.316. The molecule has 144 valence electrons. The van der Waals surface area contributed by atoms with E-state index in [9.17, 15) is 9.59 Å². The number of nitrogens with one attached hydrogen (secondary N) is 1. The molecule has 2 amide bonds. The average Bonchev–Trinajstić information content (AvgIpc) is 3.43. The van der Waals surface area contributed by atoms with Crippen LogP contribution in [0.5, 0.6) is 0 Å². The van der Waals surface area contributed by atoms with Gasteiger partial charge in [-0.2, -0.15) is 5.10 Å². The third kappa shape index (κ3) is 3.94. The first kappa shape index (κ1) is 18.3. The van der Waals surface area contributed by atoms with Crippen molar-refractivity contribution in [2.75, 3.05) is 11.4 Å². The Hall–Kier alpha value is -3.07. The maximum absolute atomic E-state index is 12.4. The lowest BCUT2D eigenvalue weighted by molar-refractivity contribution is -0.121. The third-order valence-electron chi connectivity index (χ3n) is 4.64. The summed E-state index contributed by atoms with van der Waals surface area (Å²) in [5, 5.41) is 9.62. The first-order valence-corrected chi connectivity index (χ1v) is 9.97. The van der Waals surface area contributed by atoms with Crippen LogP contribution in [0, 0.1) is 0 Å². The Bertz CT molecular complexity index is 967. The predicted octanol–water partition coefficient (Wildman–Crippen LogP) is 2.27. The molecule has 1 aliphatic rings. The van der Waals surface area contributed by atoms with Gasteiger partial charge in [0.1, 0.15) is 12.7 Å². The van der Waals surface area contributed by atoms with Crippen LogP contribution in [0.25, 0.3) is 5.69 Å². The molecule has 1 fully saturated rings. The fourth-order valence-corrected chi connectivity index (χ4v) is 4.02. The minimum Gasteiger partial charge on any atom is -0.349 e. The molecule has 1 aliphatic heterocycles. The van der Waals surface area contributed by atoms with Gasteiger partial charge in [-0.1, -0.05) is 12.1 Å². The molecule has 1 aromatic carbocycles. The van der Waals surface area contributed by atoms with E-state index in [1.54, 1.807) is 15.9 Å². The summed E-state index contributed by atoms with van der Waals surface area (Å²) in [5.74, 6) is 0.00534. The summed E-state index contributed by atoms with van der Waals surface area (Å²) < 4.78 is 1.68. The van der Waals surface area contributed by atoms with E-state index in [1.165, 1.54) is 17.7 Å². The van der Waals surface area contributed by atoms with Crippen molar-refractivity contribution < 1.29 is 9.59 Å². The number of carbonyl (C=O) groups is 2. The summed E-state index contributed by atoms with van der Waals surface area (Å²) in [7, 11) is 0. The Morgan fingerprint density at radius 3 is 2.82 bits per heavy atom. The molecule has 0 aliphatic carbocycles. The second kappa shape index (κ2) is 7.89. The van der Waals surface area contributed by atoms with Crippen LogP contribution in [0.3, 0.4) is 0 Å². The molecule has 1 N–H and O–H groups in total. The highest BCUT2D eigenvalue weighted by atomic mass is 32.1.